The number of hydrogen-bond acceptors (Lipinski definition) is 6. The summed E-state index contributed by atoms with van der Waals surface area (Å²) in [5.74, 6) is -0.505. The Hall–Kier alpha value is -2.81. The van der Waals surface area contributed by atoms with Gasteiger partial charge in [0.2, 0.25) is 5.91 Å². The second-order valence-corrected chi connectivity index (χ2v) is 26.9. The summed E-state index contributed by atoms with van der Waals surface area (Å²) in [4.78, 5) is 37.9. The third-order valence-electron chi connectivity index (χ3n) is 15.8. The Labute approximate surface area is 526 Å². The number of ether oxygens (including phenoxy) is 1. The number of likely N-dealkylation sites (N-methyl/N-ethyl adjacent to an activating group) is 1. The summed E-state index contributed by atoms with van der Waals surface area (Å²) in [7, 11) is 1.49. The predicted molar refractivity (Wildman–Crippen MR) is 369 cm³/mol. The molecule has 0 aromatic carbocycles. The van der Waals surface area contributed by atoms with Gasteiger partial charge >= 0.3 is 13.8 Å². The van der Waals surface area contributed by atoms with Crippen molar-refractivity contribution in [1.82, 2.24) is 5.32 Å². The molecule has 1 amide bonds. The average Bonchev–Trinajstić information content (AvgIpc) is 3.58. The van der Waals surface area contributed by atoms with Crippen LogP contribution in [-0.4, -0.2) is 74.3 Å². The second-order valence-electron chi connectivity index (χ2n) is 25.4. The third kappa shape index (κ3) is 65.5. The van der Waals surface area contributed by atoms with Gasteiger partial charge in [-0.3, -0.25) is 18.6 Å². The molecule has 0 rings (SSSR count). The molecule has 2 N–H and O–H groups in total. The third-order valence-corrected chi connectivity index (χ3v) is 16.8. The molecule has 0 bridgehead atoms. The zero-order valence-electron chi connectivity index (χ0n) is 56.6. The minimum absolute atomic E-state index is 0.0369. The SMILES string of the molecule is CCCCC/C=C\C/C=C\C/C=C\CCCCCCCCCCCCCCC(=O)OC(/C=C/CCCCCCCCCCC)C(COP(=O)(O)OCC[N+](C)(C)C)NC(=O)CCCCCCCCCCCC/C=C\C/C=C\C/C=C\CCCCC. The Morgan fingerprint density at radius 1 is 0.412 bits per heavy atom. The first kappa shape index (κ1) is 82.2. The first-order valence-corrected chi connectivity index (χ1v) is 37.4. The van der Waals surface area contributed by atoms with Crippen LogP contribution in [0.4, 0.5) is 0 Å². The molecule has 0 fully saturated rings. The first-order chi connectivity index (χ1) is 41.4. The van der Waals surface area contributed by atoms with Crippen LogP contribution >= 0.6 is 7.82 Å². The van der Waals surface area contributed by atoms with Gasteiger partial charge in [-0.2, -0.15) is 0 Å². The van der Waals surface area contributed by atoms with Crippen molar-refractivity contribution in [2.45, 2.75) is 341 Å². The van der Waals surface area contributed by atoms with Crippen LogP contribution < -0.4 is 5.32 Å². The lowest BCUT2D eigenvalue weighted by atomic mass is 10.0. The molecule has 0 aromatic heterocycles. The number of nitrogens with one attached hydrogen (secondary N) is 1. The van der Waals surface area contributed by atoms with E-state index in [1.54, 1.807) is 0 Å². The highest BCUT2D eigenvalue weighted by Gasteiger charge is 2.30. The molecular formula is C75H138N2O7P+. The smallest absolute Gasteiger partial charge is 0.456 e. The van der Waals surface area contributed by atoms with Gasteiger partial charge in [-0.15, -0.1) is 0 Å². The normalized spacial score (nSPS) is 14.0. The largest absolute Gasteiger partial charge is 0.472 e. The van der Waals surface area contributed by atoms with Crippen molar-refractivity contribution in [3.05, 3.63) is 85.1 Å². The van der Waals surface area contributed by atoms with Crippen LogP contribution in [0.2, 0.25) is 0 Å². The van der Waals surface area contributed by atoms with Gasteiger partial charge in [-0.25, -0.2) is 4.57 Å². The van der Waals surface area contributed by atoms with Crippen molar-refractivity contribution in [2.24, 2.45) is 0 Å². The van der Waals surface area contributed by atoms with Crippen molar-refractivity contribution in [2.75, 3.05) is 40.9 Å². The minimum Gasteiger partial charge on any atom is -0.456 e. The molecule has 0 aromatic rings. The summed E-state index contributed by atoms with van der Waals surface area (Å²) in [6, 6.07) is -0.855. The molecule has 0 spiro atoms. The molecule has 3 unspecified atom stereocenters. The summed E-state index contributed by atoms with van der Waals surface area (Å²) in [6.07, 6.45) is 85.9. The van der Waals surface area contributed by atoms with Crippen molar-refractivity contribution in [3.63, 3.8) is 0 Å². The van der Waals surface area contributed by atoms with Gasteiger partial charge in [0.15, 0.2) is 0 Å². The Bertz CT molecular complexity index is 1730. The fourth-order valence-corrected chi connectivity index (χ4v) is 11.0. The molecule has 0 radical (unpaired) electrons. The lowest BCUT2D eigenvalue weighted by Crippen LogP contribution is -2.47. The van der Waals surface area contributed by atoms with E-state index in [1.807, 2.05) is 33.3 Å². The number of hydrogen-bond donors (Lipinski definition) is 2. The maximum atomic E-state index is 13.6. The number of nitrogens with zero attached hydrogens (tertiary/aromatic N) is 1. The fraction of sp³-hybridized carbons (Fsp3) is 0.787. The molecule has 10 heteroatoms. The van der Waals surface area contributed by atoms with Crippen molar-refractivity contribution < 1.29 is 37.3 Å². The maximum absolute atomic E-state index is 13.6. The number of unbranched alkanes of at least 4 members (excludes halogenated alkanes) is 37. The lowest BCUT2D eigenvalue weighted by molar-refractivity contribution is -0.870. The Morgan fingerprint density at radius 3 is 1.09 bits per heavy atom. The molecule has 0 saturated carbocycles. The quantitative estimate of drug-likeness (QED) is 0.0205. The first-order valence-electron chi connectivity index (χ1n) is 35.9. The Balaban J connectivity index is 5.02. The molecule has 9 nitrogen and oxygen atoms in total. The molecular weight excluding hydrogens is 1070 g/mol. The van der Waals surface area contributed by atoms with Crippen LogP contribution in [0, 0.1) is 0 Å². The molecule has 0 aliphatic rings. The van der Waals surface area contributed by atoms with E-state index in [2.05, 4.69) is 99.0 Å². The minimum atomic E-state index is -4.46. The Morgan fingerprint density at radius 2 is 0.718 bits per heavy atom. The van der Waals surface area contributed by atoms with Crippen molar-refractivity contribution in [1.29, 1.82) is 0 Å². The van der Waals surface area contributed by atoms with Gasteiger partial charge in [-0.1, -0.05) is 292 Å². The number of carbonyl (C=O) groups excluding carboxylic acids is 2. The van der Waals surface area contributed by atoms with Gasteiger partial charge in [-0.05, 0) is 109 Å². The van der Waals surface area contributed by atoms with E-state index >= 15 is 0 Å². The second kappa shape index (κ2) is 64.2. The van der Waals surface area contributed by atoms with Crippen LogP contribution in [0.25, 0.3) is 0 Å². The molecule has 0 saturated heterocycles. The topological polar surface area (TPSA) is 111 Å². The predicted octanol–water partition coefficient (Wildman–Crippen LogP) is 22.9. The zero-order chi connectivity index (χ0) is 62.1. The van der Waals surface area contributed by atoms with E-state index in [-0.39, 0.29) is 31.5 Å². The maximum Gasteiger partial charge on any atom is 0.472 e. The van der Waals surface area contributed by atoms with Gasteiger partial charge in [0.05, 0.1) is 33.8 Å². The number of carbonyl (C=O) groups is 2. The summed E-state index contributed by atoms with van der Waals surface area (Å²) in [5.41, 5.74) is 0. The number of esters is 1. The molecule has 0 aliphatic heterocycles. The van der Waals surface area contributed by atoms with Crippen LogP contribution in [0.15, 0.2) is 85.1 Å². The van der Waals surface area contributed by atoms with E-state index in [1.165, 1.54) is 212 Å². The van der Waals surface area contributed by atoms with E-state index in [0.717, 1.165) is 83.5 Å². The van der Waals surface area contributed by atoms with Crippen molar-refractivity contribution in [3.8, 4) is 0 Å². The Kier molecular flexibility index (Phi) is 62.1. The van der Waals surface area contributed by atoms with E-state index in [4.69, 9.17) is 13.8 Å². The van der Waals surface area contributed by atoms with Crippen molar-refractivity contribution >= 4 is 19.7 Å². The van der Waals surface area contributed by atoms with Crippen LogP contribution in [-0.2, 0) is 27.9 Å². The monoisotopic (exact) mass is 1210 g/mol. The molecule has 494 valence electrons. The summed E-state index contributed by atoms with van der Waals surface area (Å²) in [6.45, 7) is 6.98. The fourth-order valence-electron chi connectivity index (χ4n) is 10.2. The number of phosphoric ester groups is 1. The van der Waals surface area contributed by atoms with Gasteiger partial charge in [0.1, 0.15) is 19.3 Å². The molecule has 3 atom stereocenters. The van der Waals surface area contributed by atoms with Gasteiger partial charge in [0, 0.05) is 12.8 Å². The number of amides is 1. The van der Waals surface area contributed by atoms with E-state index < -0.39 is 20.0 Å². The van der Waals surface area contributed by atoms with Crippen LogP contribution in [0.3, 0.4) is 0 Å². The van der Waals surface area contributed by atoms with Gasteiger partial charge in [0.25, 0.3) is 0 Å². The number of phosphoric acid groups is 1. The summed E-state index contributed by atoms with van der Waals surface area (Å²) >= 11 is 0. The standard InChI is InChI=1S/C75H137N2O7P/c1-7-10-13-16-19-22-25-27-29-31-33-35-37-38-40-42-44-46-48-50-53-56-59-62-65-68-75(79)84-73(66-63-60-57-54-51-24-21-18-15-12-9-3)72(71-83-85(80,81)82-70-69-77(4,5)6)76-74(78)67-64-61-58-55-52-49-47-45-43-41-39-36-34-32-30-28-26-23-20-17-14-11-8-2/h19-20,22-23,27-30,33-36,63,66,72-73H,7-18,21,24-26,31-32,37-62,64-65,67-71H2,1-6H3,(H-,76,78,80,81)/p+1/b22-19-,23-20-,29-27-,30-28-,35-33-,36-34-,66-63+. The zero-order valence-corrected chi connectivity index (χ0v) is 57.5. The highest BCUT2D eigenvalue weighted by molar-refractivity contribution is 7.47. The number of rotatable bonds is 65. The summed E-state index contributed by atoms with van der Waals surface area (Å²) in [5, 5.41) is 3.07. The van der Waals surface area contributed by atoms with Gasteiger partial charge < -0.3 is 19.4 Å². The number of quaternary nitrogens is 1. The highest BCUT2D eigenvalue weighted by Crippen LogP contribution is 2.43. The number of allylic oxidation sites excluding steroid dienone is 13. The highest BCUT2D eigenvalue weighted by atomic mass is 31.2. The summed E-state index contributed by atoms with van der Waals surface area (Å²) < 4.78 is 30.8. The average molecular weight is 1210 g/mol. The van der Waals surface area contributed by atoms with Crippen LogP contribution in [0.5, 0.6) is 0 Å². The molecule has 0 heterocycles. The lowest BCUT2D eigenvalue weighted by Gasteiger charge is -2.27. The van der Waals surface area contributed by atoms with E-state index in [9.17, 15) is 19.0 Å². The molecule has 0 aliphatic carbocycles. The van der Waals surface area contributed by atoms with E-state index in [0.29, 0.717) is 17.4 Å². The molecule has 85 heavy (non-hydrogen) atoms. The van der Waals surface area contributed by atoms with Crippen LogP contribution in [0.1, 0.15) is 329 Å².